The molecule has 1 aliphatic heterocycles. The minimum absolute atomic E-state index is 0.0685. The van der Waals surface area contributed by atoms with Gasteiger partial charge >= 0.3 is 0 Å². The van der Waals surface area contributed by atoms with E-state index in [0.29, 0.717) is 31.1 Å². The number of nitrogens with one attached hydrogen (secondary N) is 1. The van der Waals surface area contributed by atoms with Gasteiger partial charge in [-0.15, -0.1) is 0 Å². The molecule has 1 amide bonds. The molecule has 0 bridgehead atoms. The van der Waals surface area contributed by atoms with Crippen molar-refractivity contribution >= 4 is 21.6 Å². The summed E-state index contributed by atoms with van der Waals surface area (Å²) >= 11 is 0. The van der Waals surface area contributed by atoms with Crippen LogP contribution in [0.15, 0.2) is 77.7 Å². The number of carbonyl (C=O) groups is 1. The Bertz CT molecular complexity index is 1220. The van der Waals surface area contributed by atoms with E-state index in [2.05, 4.69) is 5.32 Å². The van der Waals surface area contributed by atoms with Gasteiger partial charge in [0.05, 0.1) is 10.6 Å². The standard InChI is InChI=1S/C24H23FN2O5S/c25-19-8-6-18(7-9-19)12-13-26-24(28)17-27(33(29,30)21-4-2-1-3-5-21)20-10-11-22-23(16-20)32-15-14-31-22/h1-11,16H,12-15,17H2,(H,26,28). The Morgan fingerprint density at radius 3 is 2.36 bits per heavy atom. The highest BCUT2D eigenvalue weighted by Gasteiger charge is 2.28. The van der Waals surface area contributed by atoms with Crippen LogP contribution in [0.5, 0.6) is 11.5 Å². The highest BCUT2D eigenvalue weighted by atomic mass is 32.2. The predicted octanol–water partition coefficient (Wildman–Crippen LogP) is 3.15. The van der Waals surface area contributed by atoms with E-state index in [1.54, 1.807) is 48.5 Å². The maximum atomic E-state index is 13.4. The molecule has 0 spiro atoms. The van der Waals surface area contributed by atoms with E-state index in [4.69, 9.17) is 9.47 Å². The number of nitrogens with zero attached hydrogens (tertiary/aromatic N) is 1. The molecular formula is C24H23FN2O5S. The molecule has 3 aromatic rings. The lowest BCUT2D eigenvalue weighted by molar-refractivity contribution is -0.119. The maximum Gasteiger partial charge on any atom is 0.264 e. The first-order valence-corrected chi connectivity index (χ1v) is 11.9. The number of ether oxygens (including phenoxy) is 2. The van der Waals surface area contributed by atoms with Crippen LogP contribution >= 0.6 is 0 Å². The van der Waals surface area contributed by atoms with Crippen molar-refractivity contribution < 1.29 is 27.1 Å². The van der Waals surface area contributed by atoms with Crippen molar-refractivity contribution in [1.82, 2.24) is 5.32 Å². The molecule has 0 radical (unpaired) electrons. The molecule has 0 atom stereocenters. The molecule has 0 saturated carbocycles. The summed E-state index contributed by atoms with van der Waals surface area (Å²) in [6.45, 7) is 0.631. The number of hydrogen-bond donors (Lipinski definition) is 1. The molecule has 1 aliphatic rings. The van der Waals surface area contributed by atoms with E-state index in [-0.39, 0.29) is 22.9 Å². The molecule has 0 fully saturated rings. The van der Waals surface area contributed by atoms with Crippen molar-refractivity contribution in [3.63, 3.8) is 0 Å². The van der Waals surface area contributed by atoms with Gasteiger partial charge in [0.1, 0.15) is 25.6 Å². The summed E-state index contributed by atoms with van der Waals surface area (Å²) in [6.07, 6.45) is 0.488. The van der Waals surface area contributed by atoms with Gasteiger partial charge in [0, 0.05) is 12.6 Å². The summed E-state index contributed by atoms with van der Waals surface area (Å²) in [4.78, 5) is 12.8. The smallest absolute Gasteiger partial charge is 0.264 e. The number of halogens is 1. The SMILES string of the molecule is O=C(CN(c1ccc2c(c1)OCCO2)S(=O)(=O)c1ccccc1)NCCc1ccc(F)cc1. The molecule has 9 heteroatoms. The molecule has 172 valence electrons. The maximum absolute atomic E-state index is 13.4. The van der Waals surface area contributed by atoms with Crippen molar-refractivity contribution in [2.24, 2.45) is 0 Å². The van der Waals surface area contributed by atoms with Crippen molar-refractivity contribution in [3.8, 4) is 11.5 Å². The van der Waals surface area contributed by atoms with Gasteiger partial charge < -0.3 is 14.8 Å². The second-order valence-electron chi connectivity index (χ2n) is 7.38. The zero-order valence-electron chi connectivity index (χ0n) is 17.7. The molecule has 0 aliphatic carbocycles. The number of carbonyl (C=O) groups excluding carboxylic acids is 1. The predicted molar refractivity (Wildman–Crippen MR) is 122 cm³/mol. The van der Waals surface area contributed by atoms with Crippen molar-refractivity contribution in [1.29, 1.82) is 0 Å². The third-order valence-corrected chi connectivity index (χ3v) is 6.87. The van der Waals surface area contributed by atoms with Crippen LogP contribution in [0.25, 0.3) is 0 Å². The Morgan fingerprint density at radius 1 is 0.939 bits per heavy atom. The lowest BCUT2D eigenvalue weighted by Gasteiger charge is -2.26. The summed E-state index contributed by atoms with van der Waals surface area (Å²) in [5.41, 5.74) is 1.15. The summed E-state index contributed by atoms with van der Waals surface area (Å²) in [7, 11) is -4.02. The third-order valence-electron chi connectivity index (χ3n) is 5.08. The van der Waals surface area contributed by atoms with Gasteiger partial charge in [-0.3, -0.25) is 9.10 Å². The lowest BCUT2D eigenvalue weighted by atomic mass is 10.1. The fourth-order valence-corrected chi connectivity index (χ4v) is 4.84. The zero-order chi connectivity index (χ0) is 23.3. The van der Waals surface area contributed by atoms with Crippen LogP contribution in [0, 0.1) is 5.82 Å². The van der Waals surface area contributed by atoms with Gasteiger partial charge in [-0.25, -0.2) is 12.8 Å². The summed E-state index contributed by atoms with van der Waals surface area (Å²) in [5, 5.41) is 2.74. The first kappa shape index (κ1) is 22.6. The van der Waals surface area contributed by atoms with Crippen molar-refractivity contribution in [2.45, 2.75) is 11.3 Å². The topological polar surface area (TPSA) is 84.9 Å². The van der Waals surface area contributed by atoms with Gasteiger partial charge in [-0.2, -0.15) is 0 Å². The molecule has 0 saturated heterocycles. The summed E-state index contributed by atoms with van der Waals surface area (Å²) < 4.78 is 52.0. The van der Waals surface area contributed by atoms with Crippen LogP contribution in [-0.4, -0.2) is 40.6 Å². The minimum atomic E-state index is -4.02. The number of amides is 1. The normalized spacial score (nSPS) is 12.8. The molecule has 4 rings (SSSR count). The highest BCUT2D eigenvalue weighted by molar-refractivity contribution is 7.92. The Hall–Kier alpha value is -3.59. The van der Waals surface area contributed by atoms with Gasteiger partial charge in [0.15, 0.2) is 11.5 Å². The van der Waals surface area contributed by atoms with E-state index in [0.717, 1.165) is 9.87 Å². The molecule has 3 aromatic carbocycles. The van der Waals surface area contributed by atoms with Gasteiger partial charge in [-0.1, -0.05) is 30.3 Å². The molecule has 1 N–H and O–H groups in total. The van der Waals surface area contributed by atoms with Crippen LogP contribution in [0.1, 0.15) is 5.56 Å². The number of rotatable bonds is 8. The fraction of sp³-hybridized carbons (Fsp3) is 0.208. The molecule has 0 unspecified atom stereocenters. The van der Waals surface area contributed by atoms with E-state index < -0.39 is 22.5 Å². The number of fused-ring (bicyclic) bond motifs is 1. The monoisotopic (exact) mass is 470 g/mol. The van der Waals surface area contributed by atoms with E-state index in [1.807, 2.05) is 0 Å². The quantitative estimate of drug-likeness (QED) is 0.547. The fourth-order valence-electron chi connectivity index (χ4n) is 3.41. The Labute approximate surface area is 191 Å². The largest absolute Gasteiger partial charge is 0.486 e. The Balaban J connectivity index is 1.54. The van der Waals surface area contributed by atoms with Gasteiger partial charge in [0.25, 0.3) is 10.0 Å². The molecule has 7 nitrogen and oxygen atoms in total. The Morgan fingerprint density at radius 2 is 1.64 bits per heavy atom. The van der Waals surface area contributed by atoms with Crippen LogP contribution < -0.4 is 19.1 Å². The minimum Gasteiger partial charge on any atom is -0.486 e. The average molecular weight is 471 g/mol. The van der Waals surface area contributed by atoms with Gasteiger partial charge in [-0.05, 0) is 48.4 Å². The van der Waals surface area contributed by atoms with Crippen LogP contribution in [0.4, 0.5) is 10.1 Å². The van der Waals surface area contributed by atoms with Crippen molar-refractivity contribution in [2.75, 3.05) is 30.6 Å². The highest BCUT2D eigenvalue weighted by Crippen LogP contribution is 2.35. The first-order valence-electron chi connectivity index (χ1n) is 10.4. The second kappa shape index (κ2) is 9.91. The molecule has 33 heavy (non-hydrogen) atoms. The lowest BCUT2D eigenvalue weighted by Crippen LogP contribution is -2.41. The average Bonchev–Trinajstić information content (AvgIpc) is 2.84. The summed E-state index contributed by atoms with van der Waals surface area (Å²) in [5.74, 6) is 0.144. The zero-order valence-corrected chi connectivity index (χ0v) is 18.6. The third kappa shape index (κ3) is 5.43. The molecule has 0 aromatic heterocycles. The van der Waals surface area contributed by atoms with E-state index in [9.17, 15) is 17.6 Å². The number of hydrogen-bond acceptors (Lipinski definition) is 5. The molecular weight excluding hydrogens is 447 g/mol. The second-order valence-corrected chi connectivity index (χ2v) is 9.24. The Kier molecular flexibility index (Phi) is 6.79. The van der Waals surface area contributed by atoms with Crippen LogP contribution in [0.2, 0.25) is 0 Å². The molecule has 1 heterocycles. The van der Waals surface area contributed by atoms with E-state index >= 15 is 0 Å². The first-order chi connectivity index (χ1) is 15.9. The number of benzene rings is 3. The number of anilines is 1. The van der Waals surface area contributed by atoms with E-state index in [1.165, 1.54) is 24.3 Å². The summed E-state index contributed by atoms with van der Waals surface area (Å²) in [6, 6.07) is 18.7. The van der Waals surface area contributed by atoms with Crippen molar-refractivity contribution in [3.05, 3.63) is 84.2 Å². The van der Waals surface area contributed by atoms with Crippen LogP contribution in [0.3, 0.4) is 0 Å². The van der Waals surface area contributed by atoms with Gasteiger partial charge in [0.2, 0.25) is 5.91 Å². The number of sulfonamides is 1. The van der Waals surface area contributed by atoms with Crippen LogP contribution in [-0.2, 0) is 21.2 Å².